The van der Waals surface area contributed by atoms with E-state index in [1.54, 1.807) is 0 Å². The van der Waals surface area contributed by atoms with Crippen molar-refractivity contribution in [3.8, 4) is 0 Å². The van der Waals surface area contributed by atoms with E-state index >= 15 is 0 Å². The van der Waals surface area contributed by atoms with Crippen LogP contribution in [0, 0.1) is 5.41 Å². The zero-order valence-electron chi connectivity index (χ0n) is 12.6. The third-order valence-corrected chi connectivity index (χ3v) is 3.40. The molecule has 0 unspecified atom stereocenters. The first-order valence-electron chi connectivity index (χ1n) is 6.94. The highest BCUT2D eigenvalue weighted by atomic mass is 19.4. The molecular weight excluding hydrogens is 348 g/mol. The Morgan fingerprint density at radius 2 is 1.40 bits per heavy atom. The lowest BCUT2D eigenvalue weighted by Crippen LogP contribution is -2.16. The van der Waals surface area contributed by atoms with Crippen molar-refractivity contribution in [3.05, 3.63) is 64.7 Å². The van der Waals surface area contributed by atoms with E-state index < -0.39 is 29.3 Å². The third kappa shape index (κ3) is 4.65. The number of rotatable bonds is 4. The molecule has 0 atom stereocenters. The summed E-state index contributed by atoms with van der Waals surface area (Å²) < 4.78 is 75.9. The quantitative estimate of drug-likeness (QED) is 0.423. The minimum absolute atomic E-state index is 0.0257. The van der Waals surface area contributed by atoms with E-state index in [0.29, 0.717) is 5.56 Å². The minimum atomic E-state index is -4.57. The fourth-order valence-corrected chi connectivity index (χ4v) is 2.11. The summed E-state index contributed by atoms with van der Waals surface area (Å²) in [4.78, 5) is 0. The Hall–Kier alpha value is -2.71. The van der Waals surface area contributed by atoms with Gasteiger partial charge in [0, 0.05) is 17.8 Å². The second-order valence-electron chi connectivity index (χ2n) is 5.22. The van der Waals surface area contributed by atoms with Gasteiger partial charge in [0.05, 0.1) is 11.1 Å². The predicted molar refractivity (Wildman–Crippen MR) is 81.2 cm³/mol. The van der Waals surface area contributed by atoms with Crippen molar-refractivity contribution in [3.63, 3.8) is 0 Å². The van der Waals surface area contributed by atoms with Crippen molar-refractivity contribution in [2.45, 2.75) is 18.9 Å². The topological polar surface area (TPSA) is 61.9 Å². The molecule has 0 aromatic heterocycles. The number of amidine groups is 1. The van der Waals surface area contributed by atoms with E-state index in [2.05, 4.69) is 5.32 Å². The van der Waals surface area contributed by atoms with Gasteiger partial charge >= 0.3 is 12.4 Å². The maximum absolute atomic E-state index is 12.8. The van der Waals surface area contributed by atoms with Crippen molar-refractivity contribution in [2.24, 2.45) is 5.73 Å². The molecule has 2 aromatic carbocycles. The Kier molecular flexibility index (Phi) is 4.96. The van der Waals surface area contributed by atoms with Gasteiger partial charge in [0.1, 0.15) is 5.84 Å². The van der Waals surface area contributed by atoms with Gasteiger partial charge in [-0.1, -0.05) is 12.1 Å². The number of hydrogen-bond acceptors (Lipinski definition) is 2. The third-order valence-electron chi connectivity index (χ3n) is 3.40. The van der Waals surface area contributed by atoms with Crippen LogP contribution in [-0.2, 0) is 18.9 Å². The summed E-state index contributed by atoms with van der Waals surface area (Å²) in [5, 5.41) is 10.1. The monoisotopic (exact) mass is 361 g/mol. The lowest BCUT2D eigenvalue weighted by molar-refractivity contribution is -0.138. The summed E-state index contributed by atoms with van der Waals surface area (Å²) in [5.74, 6) is -0.427. The number of hydrogen-bond donors (Lipinski definition) is 3. The summed E-state index contributed by atoms with van der Waals surface area (Å²) in [6.45, 7) is -0.0280. The first-order valence-corrected chi connectivity index (χ1v) is 6.94. The number of anilines is 1. The Morgan fingerprint density at radius 3 is 1.88 bits per heavy atom. The smallest absolute Gasteiger partial charge is 0.384 e. The molecule has 4 N–H and O–H groups in total. The van der Waals surface area contributed by atoms with Gasteiger partial charge in [-0.05, 0) is 35.9 Å². The van der Waals surface area contributed by atoms with Crippen LogP contribution in [-0.4, -0.2) is 5.84 Å². The molecule has 0 aliphatic rings. The van der Waals surface area contributed by atoms with Crippen molar-refractivity contribution in [1.82, 2.24) is 0 Å². The minimum Gasteiger partial charge on any atom is -0.384 e. The van der Waals surface area contributed by atoms with Crippen LogP contribution in [0.25, 0.3) is 0 Å². The molecular formula is C16H13F6N3. The molecule has 0 saturated carbocycles. The first-order chi connectivity index (χ1) is 11.5. The Morgan fingerprint density at radius 1 is 0.880 bits per heavy atom. The van der Waals surface area contributed by atoms with Gasteiger partial charge in [0.2, 0.25) is 0 Å². The largest absolute Gasteiger partial charge is 0.416 e. The van der Waals surface area contributed by atoms with Crippen LogP contribution in [0.1, 0.15) is 22.3 Å². The van der Waals surface area contributed by atoms with Crippen molar-refractivity contribution < 1.29 is 26.3 Å². The molecule has 0 spiro atoms. The normalized spacial score (nSPS) is 12.1. The van der Waals surface area contributed by atoms with E-state index in [1.807, 2.05) is 0 Å². The highest BCUT2D eigenvalue weighted by molar-refractivity contribution is 6.00. The average molecular weight is 361 g/mol. The SMILES string of the molecule is N=C(N)c1ccc(C(F)(F)F)cc1NCc1ccc(C(F)(F)F)cc1. The molecule has 0 aliphatic carbocycles. The molecule has 9 heteroatoms. The van der Waals surface area contributed by atoms with Crippen LogP contribution < -0.4 is 11.1 Å². The standard InChI is InChI=1S/C16H13F6N3/c17-15(18,19)10-3-1-9(2-4-10)8-25-13-7-11(16(20,21)22)5-6-12(13)14(23)24/h1-7,25H,8H2,(H3,23,24). The molecule has 0 fully saturated rings. The first kappa shape index (κ1) is 18.6. The fraction of sp³-hybridized carbons (Fsp3) is 0.188. The van der Waals surface area contributed by atoms with E-state index in [-0.39, 0.29) is 17.8 Å². The number of alkyl halides is 6. The van der Waals surface area contributed by atoms with Crippen LogP contribution in [0.5, 0.6) is 0 Å². The molecule has 25 heavy (non-hydrogen) atoms. The molecule has 0 bridgehead atoms. The van der Waals surface area contributed by atoms with Crippen LogP contribution in [0.2, 0.25) is 0 Å². The molecule has 0 radical (unpaired) electrons. The molecule has 0 saturated heterocycles. The maximum Gasteiger partial charge on any atom is 0.416 e. The molecule has 3 nitrogen and oxygen atoms in total. The average Bonchev–Trinajstić information content (AvgIpc) is 2.51. The van der Waals surface area contributed by atoms with Gasteiger partial charge in [-0.25, -0.2) is 0 Å². The number of benzene rings is 2. The zero-order valence-corrected chi connectivity index (χ0v) is 12.6. The fourth-order valence-electron chi connectivity index (χ4n) is 2.11. The predicted octanol–water partition coefficient (Wildman–Crippen LogP) is 4.62. The van der Waals surface area contributed by atoms with Crippen molar-refractivity contribution >= 4 is 11.5 Å². The summed E-state index contributed by atoms with van der Waals surface area (Å²) in [6, 6.07) is 6.89. The second-order valence-corrected chi connectivity index (χ2v) is 5.22. The van der Waals surface area contributed by atoms with Gasteiger partial charge in [-0.15, -0.1) is 0 Å². The highest BCUT2D eigenvalue weighted by Crippen LogP contribution is 2.32. The van der Waals surface area contributed by atoms with Gasteiger partial charge in [-0.2, -0.15) is 26.3 Å². The van der Waals surface area contributed by atoms with E-state index in [1.165, 1.54) is 12.1 Å². The lowest BCUT2D eigenvalue weighted by Gasteiger charge is -2.15. The van der Waals surface area contributed by atoms with E-state index in [4.69, 9.17) is 11.1 Å². The summed E-state index contributed by atoms with van der Waals surface area (Å²) in [5.41, 5.74) is 4.08. The van der Waals surface area contributed by atoms with Crippen LogP contribution in [0.3, 0.4) is 0 Å². The summed E-state index contributed by atoms with van der Waals surface area (Å²) >= 11 is 0. The number of nitrogens with two attached hydrogens (primary N) is 1. The van der Waals surface area contributed by atoms with Gasteiger partial charge in [0.25, 0.3) is 0 Å². The molecule has 0 amide bonds. The van der Waals surface area contributed by atoms with Crippen LogP contribution >= 0.6 is 0 Å². The number of nitrogen functional groups attached to an aromatic ring is 1. The van der Waals surface area contributed by atoms with Crippen molar-refractivity contribution in [1.29, 1.82) is 5.41 Å². The van der Waals surface area contributed by atoms with Crippen molar-refractivity contribution in [2.75, 3.05) is 5.32 Å². The Bertz CT molecular complexity index is 763. The van der Waals surface area contributed by atoms with E-state index in [9.17, 15) is 26.3 Å². The van der Waals surface area contributed by atoms with Gasteiger partial charge < -0.3 is 11.1 Å². The maximum atomic E-state index is 12.8. The van der Waals surface area contributed by atoms with Gasteiger partial charge in [-0.3, -0.25) is 5.41 Å². The lowest BCUT2D eigenvalue weighted by atomic mass is 10.1. The summed E-state index contributed by atoms with van der Waals surface area (Å²) in [6.07, 6.45) is -9.03. The summed E-state index contributed by atoms with van der Waals surface area (Å²) in [7, 11) is 0. The number of halogens is 6. The zero-order chi connectivity index (χ0) is 18.8. The molecule has 2 rings (SSSR count). The Balaban J connectivity index is 2.23. The van der Waals surface area contributed by atoms with E-state index in [0.717, 1.165) is 30.3 Å². The Labute approximate surface area is 139 Å². The number of nitrogens with one attached hydrogen (secondary N) is 2. The van der Waals surface area contributed by atoms with Crippen LogP contribution in [0.4, 0.5) is 32.0 Å². The molecule has 134 valence electrons. The molecule has 2 aromatic rings. The second kappa shape index (κ2) is 6.66. The molecule has 0 heterocycles. The van der Waals surface area contributed by atoms with Gasteiger partial charge in [0.15, 0.2) is 0 Å². The molecule has 0 aliphatic heterocycles. The van der Waals surface area contributed by atoms with Crippen LogP contribution in [0.15, 0.2) is 42.5 Å². The highest BCUT2D eigenvalue weighted by Gasteiger charge is 2.31.